The molecule has 0 bridgehead atoms. The molecule has 0 saturated carbocycles. The Morgan fingerprint density at radius 3 is 2.56 bits per heavy atom. The summed E-state index contributed by atoms with van der Waals surface area (Å²) < 4.78 is 13.7. The van der Waals surface area contributed by atoms with Gasteiger partial charge in [0.05, 0.1) is 11.3 Å². The van der Waals surface area contributed by atoms with Crippen molar-refractivity contribution in [2.45, 2.75) is 4.90 Å². The third-order valence-electron chi connectivity index (χ3n) is 3.51. The molecule has 2 amide bonds. The van der Waals surface area contributed by atoms with Crippen LogP contribution < -0.4 is 10.6 Å². The third kappa shape index (κ3) is 5.39. The van der Waals surface area contributed by atoms with Crippen molar-refractivity contribution < 1.29 is 14.0 Å². The van der Waals surface area contributed by atoms with E-state index in [-0.39, 0.29) is 17.2 Å². The van der Waals surface area contributed by atoms with Crippen LogP contribution in [0.4, 0.5) is 15.9 Å². The number of anilines is 2. The number of benzene rings is 2. The van der Waals surface area contributed by atoms with Gasteiger partial charge in [0, 0.05) is 16.8 Å². The second-order valence-corrected chi connectivity index (χ2v) is 6.56. The highest BCUT2D eigenvalue weighted by atomic mass is 32.2. The predicted molar refractivity (Wildman–Crippen MR) is 104 cm³/mol. The van der Waals surface area contributed by atoms with Crippen LogP contribution in [0.1, 0.15) is 10.4 Å². The van der Waals surface area contributed by atoms with E-state index in [4.69, 9.17) is 0 Å². The third-order valence-corrected chi connectivity index (χ3v) is 4.51. The molecular weight excluding hydrogens is 365 g/mol. The van der Waals surface area contributed by atoms with Crippen LogP contribution in [0, 0.1) is 5.82 Å². The number of halogens is 1. The molecule has 3 rings (SSSR count). The van der Waals surface area contributed by atoms with Gasteiger partial charge in [0.15, 0.2) is 0 Å². The number of aromatic nitrogens is 1. The number of amides is 2. The van der Waals surface area contributed by atoms with Gasteiger partial charge in [-0.2, -0.15) is 0 Å². The molecule has 0 aliphatic carbocycles. The van der Waals surface area contributed by atoms with Crippen LogP contribution in [0.15, 0.2) is 77.8 Å². The first-order valence-corrected chi connectivity index (χ1v) is 9.10. The summed E-state index contributed by atoms with van der Waals surface area (Å²) in [6.45, 7) is 0. The molecule has 0 saturated heterocycles. The van der Waals surface area contributed by atoms with Crippen LogP contribution in [-0.2, 0) is 4.79 Å². The molecule has 7 heteroatoms. The van der Waals surface area contributed by atoms with Crippen molar-refractivity contribution in [1.82, 2.24) is 4.98 Å². The topological polar surface area (TPSA) is 71.1 Å². The smallest absolute Gasteiger partial charge is 0.258 e. The lowest BCUT2D eigenvalue weighted by Crippen LogP contribution is -2.15. The highest BCUT2D eigenvalue weighted by Crippen LogP contribution is 2.22. The van der Waals surface area contributed by atoms with Crippen LogP contribution in [-0.4, -0.2) is 22.6 Å². The maximum absolute atomic E-state index is 13.7. The summed E-state index contributed by atoms with van der Waals surface area (Å²) in [4.78, 5) is 29.0. The zero-order valence-corrected chi connectivity index (χ0v) is 15.0. The van der Waals surface area contributed by atoms with Crippen LogP contribution in [0.3, 0.4) is 0 Å². The molecule has 1 aromatic heterocycles. The maximum atomic E-state index is 13.7. The first-order valence-electron chi connectivity index (χ1n) is 8.11. The highest BCUT2D eigenvalue weighted by molar-refractivity contribution is 8.00. The lowest BCUT2D eigenvalue weighted by Gasteiger charge is -2.08. The van der Waals surface area contributed by atoms with Gasteiger partial charge >= 0.3 is 0 Å². The number of carbonyl (C=O) groups is 2. The summed E-state index contributed by atoms with van der Waals surface area (Å²) in [7, 11) is 0. The number of rotatable bonds is 6. The summed E-state index contributed by atoms with van der Waals surface area (Å²) in [5.41, 5.74) is 0.503. The average molecular weight is 381 g/mol. The van der Waals surface area contributed by atoms with Crippen LogP contribution >= 0.6 is 11.8 Å². The van der Waals surface area contributed by atoms with Crippen molar-refractivity contribution >= 4 is 35.1 Å². The van der Waals surface area contributed by atoms with Crippen LogP contribution in [0.5, 0.6) is 0 Å². The number of nitrogens with zero attached hydrogens (tertiary/aromatic N) is 1. The zero-order valence-electron chi connectivity index (χ0n) is 14.2. The monoisotopic (exact) mass is 381 g/mol. The van der Waals surface area contributed by atoms with Crippen molar-refractivity contribution in [1.29, 1.82) is 0 Å². The SMILES string of the molecule is O=C(CSc1cccc(NC(=O)c2ccccc2F)c1)Nc1ccccn1. The van der Waals surface area contributed by atoms with Gasteiger partial charge in [-0.15, -0.1) is 11.8 Å². The molecule has 136 valence electrons. The molecule has 0 fully saturated rings. The fourth-order valence-corrected chi connectivity index (χ4v) is 3.03. The molecule has 3 aromatic rings. The molecule has 0 spiro atoms. The van der Waals surface area contributed by atoms with Gasteiger partial charge in [0.1, 0.15) is 11.6 Å². The molecule has 27 heavy (non-hydrogen) atoms. The summed E-state index contributed by atoms with van der Waals surface area (Å²) in [5, 5.41) is 5.37. The fourth-order valence-electron chi connectivity index (χ4n) is 2.27. The number of nitrogens with one attached hydrogen (secondary N) is 2. The molecule has 0 radical (unpaired) electrons. The fraction of sp³-hybridized carbons (Fsp3) is 0.0500. The van der Waals surface area contributed by atoms with Gasteiger partial charge in [-0.25, -0.2) is 9.37 Å². The minimum Gasteiger partial charge on any atom is -0.322 e. The zero-order chi connectivity index (χ0) is 19.1. The van der Waals surface area contributed by atoms with E-state index in [0.717, 1.165) is 4.90 Å². The Morgan fingerprint density at radius 1 is 0.963 bits per heavy atom. The van der Waals surface area contributed by atoms with Crippen LogP contribution in [0.2, 0.25) is 0 Å². The molecule has 5 nitrogen and oxygen atoms in total. The van der Waals surface area contributed by atoms with E-state index in [0.29, 0.717) is 11.5 Å². The standard InChI is InChI=1S/C20H16FN3O2S/c21-17-9-2-1-8-16(17)20(26)23-14-6-5-7-15(12-14)27-13-19(25)24-18-10-3-4-11-22-18/h1-12H,13H2,(H,23,26)(H,22,24,25). The summed E-state index contributed by atoms with van der Waals surface area (Å²) in [6.07, 6.45) is 1.60. The van der Waals surface area contributed by atoms with E-state index in [2.05, 4.69) is 15.6 Å². The van der Waals surface area contributed by atoms with E-state index in [9.17, 15) is 14.0 Å². The summed E-state index contributed by atoms with van der Waals surface area (Å²) >= 11 is 1.32. The second-order valence-electron chi connectivity index (χ2n) is 5.51. The molecule has 0 unspecified atom stereocenters. The van der Waals surface area contributed by atoms with Crippen molar-refractivity contribution in [3.05, 3.63) is 84.3 Å². The maximum Gasteiger partial charge on any atom is 0.258 e. The normalized spacial score (nSPS) is 10.3. The first-order chi connectivity index (χ1) is 13.1. The van der Waals surface area contributed by atoms with Gasteiger partial charge in [-0.1, -0.05) is 24.3 Å². The predicted octanol–water partition coefficient (Wildman–Crippen LogP) is 4.20. The van der Waals surface area contributed by atoms with Crippen molar-refractivity contribution in [3.63, 3.8) is 0 Å². The molecule has 0 atom stereocenters. The Balaban J connectivity index is 1.58. The van der Waals surface area contributed by atoms with Crippen molar-refractivity contribution in [2.75, 3.05) is 16.4 Å². The Kier molecular flexibility index (Phi) is 6.17. The van der Waals surface area contributed by atoms with Crippen molar-refractivity contribution in [2.24, 2.45) is 0 Å². The van der Waals surface area contributed by atoms with Gasteiger partial charge in [-0.3, -0.25) is 9.59 Å². The minimum absolute atomic E-state index is 0.0229. The number of hydrogen-bond acceptors (Lipinski definition) is 4. The van der Waals surface area contributed by atoms with E-state index < -0.39 is 11.7 Å². The van der Waals surface area contributed by atoms with E-state index in [1.165, 1.54) is 30.0 Å². The minimum atomic E-state index is -0.577. The Bertz CT molecular complexity index is 951. The lowest BCUT2D eigenvalue weighted by molar-refractivity contribution is -0.113. The average Bonchev–Trinajstić information content (AvgIpc) is 2.68. The summed E-state index contributed by atoms with van der Waals surface area (Å²) in [5.74, 6) is -0.593. The quantitative estimate of drug-likeness (QED) is 0.628. The number of carbonyl (C=O) groups excluding carboxylic acids is 2. The largest absolute Gasteiger partial charge is 0.322 e. The number of thioether (sulfide) groups is 1. The first kappa shape index (κ1) is 18.6. The van der Waals surface area contributed by atoms with Crippen molar-refractivity contribution in [3.8, 4) is 0 Å². The lowest BCUT2D eigenvalue weighted by atomic mass is 10.2. The number of pyridine rings is 1. The van der Waals surface area contributed by atoms with Gasteiger partial charge in [0.25, 0.3) is 5.91 Å². The molecular formula is C20H16FN3O2S. The molecule has 1 heterocycles. The summed E-state index contributed by atoms with van der Waals surface area (Å²) in [6, 6.07) is 18.1. The van der Waals surface area contributed by atoms with Gasteiger partial charge < -0.3 is 10.6 Å². The molecule has 2 aromatic carbocycles. The second kappa shape index (κ2) is 8.95. The van der Waals surface area contributed by atoms with Crippen LogP contribution in [0.25, 0.3) is 0 Å². The van der Waals surface area contributed by atoms with E-state index >= 15 is 0 Å². The Labute approximate surface area is 160 Å². The Morgan fingerprint density at radius 2 is 1.78 bits per heavy atom. The highest BCUT2D eigenvalue weighted by Gasteiger charge is 2.11. The molecule has 2 N–H and O–H groups in total. The molecule has 0 aliphatic rings. The van der Waals surface area contributed by atoms with Gasteiger partial charge in [-0.05, 0) is 42.5 Å². The molecule has 0 aliphatic heterocycles. The van der Waals surface area contributed by atoms with Gasteiger partial charge in [0.2, 0.25) is 5.91 Å². The van der Waals surface area contributed by atoms with E-state index in [1.54, 1.807) is 48.7 Å². The number of hydrogen-bond donors (Lipinski definition) is 2. The Hall–Kier alpha value is -3.19. The van der Waals surface area contributed by atoms with E-state index in [1.807, 2.05) is 6.07 Å².